The molecular weight excluding hydrogens is 625 g/mol. The quantitative estimate of drug-likeness (QED) is 0.184. The molecule has 2 heterocycles. The van der Waals surface area contributed by atoms with Crippen molar-refractivity contribution < 1.29 is 0 Å². The molecule has 242 valence electrons. The lowest BCUT2D eigenvalue weighted by molar-refractivity contribution is 1.07. The highest BCUT2D eigenvalue weighted by molar-refractivity contribution is 5.98. The monoisotopic (exact) mass is 656 g/mol. The number of hydrogen-bond donors (Lipinski definition) is 1. The molecule has 0 atom stereocenters. The molecule has 6 nitrogen and oxygen atoms in total. The van der Waals surface area contributed by atoms with Gasteiger partial charge in [-0.2, -0.15) is 0 Å². The molecule has 1 aliphatic rings. The van der Waals surface area contributed by atoms with Crippen molar-refractivity contribution in [3.63, 3.8) is 0 Å². The van der Waals surface area contributed by atoms with Gasteiger partial charge in [0.05, 0.1) is 22.7 Å². The van der Waals surface area contributed by atoms with Crippen molar-refractivity contribution >= 4 is 45.5 Å². The van der Waals surface area contributed by atoms with Gasteiger partial charge in [-0.3, -0.25) is 0 Å². The summed E-state index contributed by atoms with van der Waals surface area (Å²) in [5, 5.41) is 3.72. The van der Waals surface area contributed by atoms with E-state index in [4.69, 9.17) is 15.0 Å². The highest BCUT2D eigenvalue weighted by atomic mass is 15.2. The Morgan fingerprint density at radius 3 is 1.37 bits per heavy atom. The number of anilines is 8. The second-order valence-corrected chi connectivity index (χ2v) is 12.3. The minimum absolute atomic E-state index is 0.627. The zero-order valence-corrected chi connectivity index (χ0v) is 27.6. The van der Waals surface area contributed by atoms with Crippen molar-refractivity contribution in [3.05, 3.63) is 188 Å². The van der Waals surface area contributed by atoms with Crippen LogP contribution in [0.5, 0.6) is 0 Å². The molecule has 0 unspecified atom stereocenters. The Kier molecular flexibility index (Phi) is 7.72. The lowest BCUT2D eigenvalue weighted by Gasteiger charge is -2.35. The molecule has 0 bridgehead atoms. The van der Waals surface area contributed by atoms with E-state index in [1.165, 1.54) is 0 Å². The lowest BCUT2D eigenvalue weighted by Crippen LogP contribution is -2.18. The van der Waals surface area contributed by atoms with E-state index < -0.39 is 0 Å². The molecule has 0 fully saturated rings. The minimum atomic E-state index is 0.627. The molecule has 1 aromatic heterocycles. The topological polar surface area (TPSA) is 57.2 Å². The zero-order chi connectivity index (χ0) is 34.0. The van der Waals surface area contributed by atoms with Gasteiger partial charge in [-0.15, -0.1) is 0 Å². The molecule has 0 saturated heterocycles. The zero-order valence-electron chi connectivity index (χ0n) is 27.6. The third kappa shape index (κ3) is 5.85. The van der Waals surface area contributed by atoms with Crippen LogP contribution in [0, 0.1) is 0 Å². The summed E-state index contributed by atoms with van der Waals surface area (Å²) in [6.07, 6.45) is 0. The summed E-state index contributed by atoms with van der Waals surface area (Å²) in [7, 11) is 0. The van der Waals surface area contributed by atoms with Crippen LogP contribution >= 0.6 is 0 Å². The van der Waals surface area contributed by atoms with Crippen LogP contribution in [0.2, 0.25) is 0 Å². The summed E-state index contributed by atoms with van der Waals surface area (Å²) in [6.45, 7) is 0. The van der Waals surface area contributed by atoms with Gasteiger partial charge in [0, 0.05) is 39.4 Å². The maximum absolute atomic E-state index is 4.94. The average molecular weight is 657 g/mol. The first-order chi connectivity index (χ1) is 25.3. The second kappa shape index (κ2) is 13.1. The van der Waals surface area contributed by atoms with E-state index in [2.05, 4.69) is 130 Å². The first-order valence-electron chi connectivity index (χ1n) is 17.0. The highest BCUT2D eigenvalue weighted by Crippen LogP contribution is 2.50. The van der Waals surface area contributed by atoms with Gasteiger partial charge in [-0.25, -0.2) is 15.0 Å². The maximum Gasteiger partial charge on any atom is 0.164 e. The molecule has 7 aromatic carbocycles. The van der Waals surface area contributed by atoms with Gasteiger partial charge in [0.25, 0.3) is 0 Å². The highest BCUT2D eigenvalue weighted by Gasteiger charge is 2.25. The Hall–Kier alpha value is -7.05. The van der Waals surface area contributed by atoms with Gasteiger partial charge in [-0.05, 0) is 78.9 Å². The predicted octanol–water partition coefficient (Wildman–Crippen LogP) is 11.9. The summed E-state index contributed by atoms with van der Waals surface area (Å²) in [5.74, 6) is 1.91. The Labute approximate surface area is 297 Å². The van der Waals surface area contributed by atoms with Crippen molar-refractivity contribution in [2.24, 2.45) is 0 Å². The summed E-state index contributed by atoms with van der Waals surface area (Å²) >= 11 is 0. The molecule has 8 aromatic rings. The molecular formula is C45H32N6. The van der Waals surface area contributed by atoms with E-state index in [1.807, 2.05) is 72.8 Å². The number of benzene rings is 7. The van der Waals surface area contributed by atoms with Crippen LogP contribution in [0.4, 0.5) is 45.5 Å². The van der Waals surface area contributed by atoms with Crippen molar-refractivity contribution in [2.45, 2.75) is 0 Å². The van der Waals surface area contributed by atoms with Gasteiger partial charge < -0.3 is 15.1 Å². The van der Waals surface area contributed by atoms with Crippen LogP contribution in [0.1, 0.15) is 0 Å². The van der Waals surface area contributed by atoms with Crippen molar-refractivity contribution in [1.82, 2.24) is 15.0 Å². The maximum atomic E-state index is 4.94. The summed E-state index contributed by atoms with van der Waals surface area (Å²) < 4.78 is 0. The van der Waals surface area contributed by atoms with Crippen molar-refractivity contribution in [3.8, 4) is 34.2 Å². The normalized spacial score (nSPS) is 11.6. The van der Waals surface area contributed by atoms with Gasteiger partial charge in [0.2, 0.25) is 0 Å². The average Bonchev–Trinajstić information content (AvgIpc) is 3.21. The van der Waals surface area contributed by atoms with Crippen LogP contribution in [0.25, 0.3) is 34.2 Å². The Morgan fingerprint density at radius 1 is 0.373 bits per heavy atom. The van der Waals surface area contributed by atoms with Gasteiger partial charge >= 0.3 is 0 Å². The summed E-state index contributed by atoms with van der Waals surface area (Å²) in [4.78, 5) is 19.3. The van der Waals surface area contributed by atoms with Crippen LogP contribution in [-0.4, -0.2) is 15.0 Å². The SMILES string of the molecule is c1ccc(-c2nc(-c3ccccc3)nc(-c3ccc(N4c5ccccc5Nc5cc(N(c6ccccc6)c6ccccc6)ccc54)cc3)n2)cc1. The van der Waals surface area contributed by atoms with E-state index in [1.54, 1.807) is 0 Å². The van der Waals surface area contributed by atoms with Crippen LogP contribution in [-0.2, 0) is 0 Å². The number of aromatic nitrogens is 3. The number of rotatable bonds is 7. The predicted molar refractivity (Wildman–Crippen MR) is 209 cm³/mol. The largest absolute Gasteiger partial charge is 0.352 e. The summed E-state index contributed by atoms with van der Waals surface area (Å²) in [5.41, 5.74) is 11.3. The fourth-order valence-electron chi connectivity index (χ4n) is 6.58. The van der Waals surface area contributed by atoms with Gasteiger partial charge in [0.15, 0.2) is 17.5 Å². The Balaban J connectivity index is 1.12. The molecule has 6 heteroatoms. The smallest absolute Gasteiger partial charge is 0.164 e. The summed E-state index contributed by atoms with van der Waals surface area (Å²) in [6, 6.07) is 64.6. The van der Waals surface area contributed by atoms with Crippen LogP contribution < -0.4 is 15.1 Å². The molecule has 0 amide bonds. The third-order valence-corrected chi connectivity index (χ3v) is 9.01. The standard InChI is InChI=1S/C45H32N6/c1-5-15-32(16-6-1)43-47-44(33-17-7-2-8-18-33)49-45(48-43)34-25-27-37(28-26-34)51-41-24-14-13-23-39(41)46-40-31-38(29-30-42(40)51)50(35-19-9-3-10-20-35)36-21-11-4-12-22-36/h1-31,46H. The second-order valence-electron chi connectivity index (χ2n) is 12.3. The number of para-hydroxylation sites is 4. The van der Waals surface area contributed by atoms with E-state index in [0.29, 0.717) is 17.5 Å². The number of fused-ring (bicyclic) bond motifs is 2. The molecule has 1 N–H and O–H groups in total. The van der Waals surface area contributed by atoms with E-state index in [9.17, 15) is 0 Å². The Morgan fingerprint density at radius 2 is 0.824 bits per heavy atom. The van der Waals surface area contributed by atoms with E-state index >= 15 is 0 Å². The fourth-order valence-corrected chi connectivity index (χ4v) is 6.58. The molecule has 0 radical (unpaired) electrons. The van der Waals surface area contributed by atoms with Gasteiger partial charge in [0.1, 0.15) is 0 Å². The molecule has 51 heavy (non-hydrogen) atoms. The Bertz CT molecular complexity index is 2340. The van der Waals surface area contributed by atoms with E-state index in [0.717, 1.165) is 62.2 Å². The molecule has 1 aliphatic heterocycles. The molecule has 0 aliphatic carbocycles. The minimum Gasteiger partial charge on any atom is -0.352 e. The molecule has 0 spiro atoms. The first kappa shape index (κ1) is 30.0. The number of hydrogen-bond acceptors (Lipinski definition) is 6. The molecule has 9 rings (SSSR count). The fraction of sp³-hybridized carbons (Fsp3) is 0. The number of nitrogens with zero attached hydrogens (tertiary/aromatic N) is 5. The van der Waals surface area contributed by atoms with Crippen molar-refractivity contribution in [2.75, 3.05) is 15.1 Å². The van der Waals surface area contributed by atoms with Crippen LogP contribution in [0.3, 0.4) is 0 Å². The third-order valence-electron chi connectivity index (χ3n) is 9.01. The van der Waals surface area contributed by atoms with E-state index in [-0.39, 0.29) is 0 Å². The molecule has 0 saturated carbocycles. The number of nitrogens with one attached hydrogen (secondary N) is 1. The lowest BCUT2D eigenvalue weighted by atomic mass is 10.1. The van der Waals surface area contributed by atoms with Crippen LogP contribution in [0.15, 0.2) is 188 Å². The van der Waals surface area contributed by atoms with Gasteiger partial charge in [-0.1, -0.05) is 109 Å². The van der Waals surface area contributed by atoms with Crippen molar-refractivity contribution in [1.29, 1.82) is 0 Å². The first-order valence-corrected chi connectivity index (χ1v) is 17.0.